The molecule has 0 fully saturated rings. The van der Waals surface area contributed by atoms with Crippen LogP contribution in [0, 0.1) is 5.92 Å². The first kappa shape index (κ1) is 26.6. The molecule has 4 unspecified atom stereocenters. The van der Waals surface area contributed by atoms with Gasteiger partial charge in [-0.1, -0.05) is 20.3 Å². The van der Waals surface area contributed by atoms with Gasteiger partial charge in [-0.2, -0.15) is 0 Å². The van der Waals surface area contributed by atoms with Crippen molar-refractivity contribution in [2.75, 3.05) is 6.54 Å². The number of H-pyrrole nitrogens is 1. The van der Waals surface area contributed by atoms with Crippen molar-refractivity contribution in [3.8, 4) is 0 Å². The smallest absolute Gasteiger partial charge is 0.322 e. The first-order valence-electron chi connectivity index (χ1n) is 10.2. The molecule has 1 aromatic heterocycles. The largest absolute Gasteiger partial charge is 0.480 e. The predicted octanol–water partition coefficient (Wildman–Crippen LogP) is -2.24. The molecule has 178 valence electrons. The van der Waals surface area contributed by atoms with Gasteiger partial charge in [-0.05, 0) is 12.3 Å². The zero-order valence-electron chi connectivity index (χ0n) is 18.1. The highest BCUT2D eigenvalue weighted by molar-refractivity contribution is 5.94. The Hall–Kier alpha value is -3.48. The molecule has 0 aliphatic carbocycles. The third kappa shape index (κ3) is 9.12. The van der Waals surface area contributed by atoms with Gasteiger partial charge < -0.3 is 37.5 Å². The van der Waals surface area contributed by atoms with E-state index >= 15 is 0 Å². The number of hydrogen-bond acceptors (Lipinski definition) is 7. The lowest BCUT2D eigenvalue weighted by molar-refractivity contribution is -0.138. The molecule has 13 nitrogen and oxygen atoms in total. The van der Waals surface area contributed by atoms with E-state index in [1.54, 1.807) is 6.92 Å². The highest BCUT2D eigenvalue weighted by Crippen LogP contribution is 2.10. The first-order chi connectivity index (χ1) is 15.0. The Morgan fingerprint density at radius 3 is 2.38 bits per heavy atom. The SMILES string of the molecule is CCC(C)C(NC(=O)C(N)CCC(N)=O)C(=O)NC(Cc1cnc[nH]1)C(=O)NCC(=O)O. The number of carbonyl (C=O) groups is 5. The second-order valence-corrected chi connectivity index (χ2v) is 7.44. The fourth-order valence-corrected chi connectivity index (χ4v) is 2.76. The van der Waals surface area contributed by atoms with Crippen LogP contribution in [-0.4, -0.2) is 69.3 Å². The third-order valence-corrected chi connectivity index (χ3v) is 4.86. The summed E-state index contributed by atoms with van der Waals surface area (Å²) in [5.41, 5.74) is 11.4. The maximum atomic E-state index is 13.0. The number of rotatable bonds is 14. The van der Waals surface area contributed by atoms with Gasteiger partial charge >= 0.3 is 5.97 Å². The quantitative estimate of drug-likeness (QED) is 0.163. The molecule has 0 aliphatic rings. The minimum Gasteiger partial charge on any atom is -0.480 e. The second-order valence-electron chi connectivity index (χ2n) is 7.44. The fourth-order valence-electron chi connectivity index (χ4n) is 2.76. The predicted molar refractivity (Wildman–Crippen MR) is 113 cm³/mol. The second kappa shape index (κ2) is 13.0. The Morgan fingerprint density at radius 2 is 1.84 bits per heavy atom. The van der Waals surface area contributed by atoms with Crippen LogP contribution in [0.25, 0.3) is 0 Å². The Balaban J connectivity index is 2.93. The first-order valence-corrected chi connectivity index (χ1v) is 10.2. The molecule has 0 aromatic carbocycles. The van der Waals surface area contributed by atoms with Crippen molar-refractivity contribution in [2.24, 2.45) is 17.4 Å². The van der Waals surface area contributed by atoms with Crippen LogP contribution in [0.2, 0.25) is 0 Å². The van der Waals surface area contributed by atoms with Crippen LogP contribution in [0.5, 0.6) is 0 Å². The molecule has 1 aromatic rings. The molecule has 4 amide bonds. The lowest BCUT2D eigenvalue weighted by Crippen LogP contribution is -2.58. The highest BCUT2D eigenvalue weighted by atomic mass is 16.4. The summed E-state index contributed by atoms with van der Waals surface area (Å²) < 4.78 is 0. The van der Waals surface area contributed by atoms with Crippen molar-refractivity contribution in [1.29, 1.82) is 0 Å². The number of hydrogen-bond donors (Lipinski definition) is 7. The van der Waals surface area contributed by atoms with Gasteiger partial charge in [0.15, 0.2) is 0 Å². The molecule has 32 heavy (non-hydrogen) atoms. The van der Waals surface area contributed by atoms with E-state index in [1.807, 2.05) is 6.92 Å². The van der Waals surface area contributed by atoms with Crippen molar-refractivity contribution in [2.45, 2.75) is 57.7 Å². The topological polar surface area (TPSA) is 222 Å². The number of aromatic amines is 1. The number of imidazole rings is 1. The molecule has 0 spiro atoms. The van der Waals surface area contributed by atoms with Crippen LogP contribution in [0.3, 0.4) is 0 Å². The molecule has 0 aliphatic heterocycles. The molecule has 13 heteroatoms. The monoisotopic (exact) mass is 453 g/mol. The number of carboxylic acid groups (broad SMARTS) is 1. The fraction of sp³-hybridized carbons (Fsp3) is 0.579. The van der Waals surface area contributed by atoms with Crippen molar-refractivity contribution < 1.29 is 29.1 Å². The zero-order valence-corrected chi connectivity index (χ0v) is 18.1. The molecule has 4 atom stereocenters. The normalized spacial score (nSPS) is 14.5. The van der Waals surface area contributed by atoms with Gasteiger partial charge in [0.2, 0.25) is 23.6 Å². The number of carbonyl (C=O) groups excluding carboxylic acids is 4. The molecule has 9 N–H and O–H groups in total. The zero-order chi connectivity index (χ0) is 24.3. The minimum absolute atomic E-state index is 0.0239. The minimum atomic E-state index is -1.24. The van der Waals surface area contributed by atoms with Gasteiger partial charge in [-0.15, -0.1) is 0 Å². The molecular weight excluding hydrogens is 422 g/mol. The summed E-state index contributed by atoms with van der Waals surface area (Å²) in [5.74, 6) is -4.12. The number of amides is 4. The van der Waals surface area contributed by atoms with Crippen LogP contribution < -0.4 is 27.4 Å². The number of aliphatic carboxylic acids is 1. The van der Waals surface area contributed by atoms with Crippen LogP contribution in [-0.2, 0) is 30.4 Å². The van der Waals surface area contributed by atoms with Crippen LogP contribution in [0.4, 0.5) is 0 Å². The van der Waals surface area contributed by atoms with Gasteiger partial charge in [0.05, 0.1) is 12.4 Å². The lowest BCUT2D eigenvalue weighted by atomic mass is 9.97. The van der Waals surface area contributed by atoms with Crippen molar-refractivity contribution in [3.05, 3.63) is 18.2 Å². The molecule has 1 rings (SSSR count). The summed E-state index contributed by atoms with van der Waals surface area (Å²) in [5, 5.41) is 16.2. The molecule has 1 heterocycles. The number of primary amides is 1. The van der Waals surface area contributed by atoms with E-state index in [0.29, 0.717) is 12.1 Å². The summed E-state index contributed by atoms with van der Waals surface area (Å²) in [6.07, 6.45) is 3.37. The van der Waals surface area contributed by atoms with E-state index in [0.717, 1.165) is 0 Å². The van der Waals surface area contributed by atoms with Gasteiger partial charge in [-0.25, -0.2) is 4.98 Å². The Labute approximate surface area is 185 Å². The average Bonchev–Trinajstić information content (AvgIpc) is 3.25. The summed E-state index contributed by atoms with van der Waals surface area (Å²) in [7, 11) is 0. The summed E-state index contributed by atoms with van der Waals surface area (Å²) in [6, 6.07) is -3.17. The molecule has 0 saturated heterocycles. The van der Waals surface area contributed by atoms with E-state index in [4.69, 9.17) is 16.6 Å². The Morgan fingerprint density at radius 1 is 1.16 bits per heavy atom. The van der Waals surface area contributed by atoms with Crippen molar-refractivity contribution >= 4 is 29.6 Å². The summed E-state index contributed by atoms with van der Waals surface area (Å²) in [6.45, 7) is 2.95. The van der Waals surface area contributed by atoms with Crippen molar-refractivity contribution in [1.82, 2.24) is 25.9 Å². The number of nitrogens with zero attached hydrogens (tertiary/aromatic N) is 1. The average molecular weight is 454 g/mol. The molecule has 0 radical (unpaired) electrons. The van der Waals surface area contributed by atoms with Crippen LogP contribution >= 0.6 is 0 Å². The third-order valence-electron chi connectivity index (χ3n) is 4.86. The van der Waals surface area contributed by atoms with Gasteiger partial charge in [0, 0.05) is 24.7 Å². The number of nitrogens with one attached hydrogen (secondary N) is 4. The summed E-state index contributed by atoms with van der Waals surface area (Å²) in [4.78, 5) is 66.2. The van der Waals surface area contributed by atoms with Gasteiger partial charge in [0.1, 0.15) is 18.6 Å². The molecular formula is C19H31N7O6. The molecule has 0 saturated carbocycles. The van der Waals surface area contributed by atoms with E-state index in [9.17, 15) is 24.0 Å². The summed E-state index contributed by atoms with van der Waals surface area (Å²) >= 11 is 0. The number of aromatic nitrogens is 2. The van der Waals surface area contributed by atoms with E-state index in [-0.39, 0.29) is 25.2 Å². The number of nitrogens with two attached hydrogens (primary N) is 2. The van der Waals surface area contributed by atoms with Gasteiger partial charge in [-0.3, -0.25) is 24.0 Å². The van der Waals surface area contributed by atoms with E-state index < -0.39 is 54.3 Å². The number of carboxylic acids is 1. The lowest BCUT2D eigenvalue weighted by Gasteiger charge is -2.27. The standard InChI is InChI=1S/C19H31N7O6/c1-3-10(2)16(26-17(30)12(20)4-5-14(21)27)19(32)25-13(6-11-7-22-9-24-11)18(31)23-8-15(28)29/h7,9-10,12-13,16H,3-6,8,20H2,1-2H3,(H2,21,27)(H,22,24)(H,23,31)(H,25,32)(H,26,30)(H,28,29). The maximum absolute atomic E-state index is 13.0. The maximum Gasteiger partial charge on any atom is 0.322 e. The van der Waals surface area contributed by atoms with Crippen molar-refractivity contribution in [3.63, 3.8) is 0 Å². The van der Waals surface area contributed by atoms with E-state index in [1.165, 1.54) is 12.5 Å². The Bertz CT molecular complexity index is 798. The Kier molecular flexibility index (Phi) is 10.8. The van der Waals surface area contributed by atoms with Crippen LogP contribution in [0.1, 0.15) is 38.8 Å². The molecule has 0 bridgehead atoms. The van der Waals surface area contributed by atoms with Crippen LogP contribution in [0.15, 0.2) is 12.5 Å². The highest BCUT2D eigenvalue weighted by Gasteiger charge is 2.31. The van der Waals surface area contributed by atoms with Gasteiger partial charge in [0.25, 0.3) is 0 Å². The van der Waals surface area contributed by atoms with E-state index in [2.05, 4.69) is 25.9 Å².